The van der Waals surface area contributed by atoms with Crippen molar-refractivity contribution in [1.82, 2.24) is 4.31 Å². The van der Waals surface area contributed by atoms with Gasteiger partial charge in [-0.25, -0.2) is 12.7 Å². The highest BCUT2D eigenvalue weighted by Crippen LogP contribution is 2.22. The first kappa shape index (κ1) is 16.8. The van der Waals surface area contributed by atoms with E-state index in [0.29, 0.717) is 13.2 Å². The number of rotatable bonds is 6. The predicted octanol–water partition coefficient (Wildman–Crippen LogP) is 2.74. The number of sulfonamides is 1. The molecule has 1 aliphatic rings. The van der Waals surface area contributed by atoms with Crippen LogP contribution in [0, 0.1) is 0 Å². The Morgan fingerprint density at radius 1 is 1.33 bits per heavy atom. The summed E-state index contributed by atoms with van der Waals surface area (Å²) in [4.78, 5) is 1.12. The molecule has 1 aromatic carbocycles. The quantitative estimate of drug-likeness (QED) is 0.753. The van der Waals surface area contributed by atoms with Gasteiger partial charge >= 0.3 is 0 Å². The summed E-state index contributed by atoms with van der Waals surface area (Å²) in [5, 5.41) is 0. The molecule has 0 aliphatic carbocycles. The summed E-state index contributed by atoms with van der Waals surface area (Å²) < 4.78 is 31.9. The maximum atomic E-state index is 12.4. The molecule has 0 unspecified atom stereocenters. The van der Waals surface area contributed by atoms with E-state index >= 15 is 0 Å². The van der Waals surface area contributed by atoms with Crippen molar-refractivity contribution in [3.8, 4) is 0 Å². The molecule has 0 radical (unpaired) electrons. The number of hydrogen-bond donors (Lipinski definition) is 0. The van der Waals surface area contributed by atoms with Gasteiger partial charge in [-0.05, 0) is 37.1 Å². The highest BCUT2D eigenvalue weighted by atomic mass is 32.2. The molecule has 6 heteroatoms. The molecule has 4 nitrogen and oxygen atoms in total. The van der Waals surface area contributed by atoms with E-state index in [2.05, 4.69) is 0 Å². The van der Waals surface area contributed by atoms with Crippen LogP contribution in [-0.4, -0.2) is 44.5 Å². The number of benzene rings is 1. The lowest BCUT2D eigenvalue weighted by molar-refractivity contribution is 0.0299. The average molecular weight is 329 g/mol. The van der Waals surface area contributed by atoms with Gasteiger partial charge in [0.2, 0.25) is 10.0 Å². The summed E-state index contributed by atoms with van der Waals surface area (Å²) in [6, 6.07) is 7.92. The van der Waals surface area contributed by atoms with E-state index < -0.39 is 10.0 Å². The lowest BCUT2D eigenvalue weighted by Gasteiger charge is -2.25. The van der Waals surface area contributed by atoms with Crippen molar-refractivity contribution in [2.24, 2.45) is 0 Å². The molecule has 0 spiro atoms. The van der Waals surface area contributed by atoms with Crippen LogP contribution in [0.25, 0.3) is 0 Å². The van der Waals surface area contributed by atoms with E-state index in [1.54, 1.807) is 18.8 Å². The minimum Gasteiger partial charge on any atom is -0.377 e. The molecule has 1 aromatic rings. The van der Waals surface area contributed by atoms with Crippen LogP contribution < -0.4 is 0 Å². The van der Waals surface area contributed by atoms with Crippen molar-refractivity contribution in [3.05, 3.63) is 29.8 Å². The van der Waals surface area contributed by atoms with Gasteiger partial charge in [-0.1, -0.05) is 18.2 Å². The van der Waals surface area contributed by atoms with Crippen molar-refractivity contribution in [3.63, 3.8) is 0 Å². The Morgan fingerprint density at radius 3 is 2.76 bits per heavy atom. The van der Waals surface area contributed by atoms with Crippen molar-refractivity contribution >= 4 is 21.8 Å². The molecule has 0 aromatic heterocycles. The third-order valence-corrected chi connectivity index (χ3v) is 6.44. The highest BCUT2D eigenvalue weighted by Gasteiger charge is 2.26. The van der Waals surface area contributed by atoms with E-state index in [4.69, 9.17) is 4.74 Å². The molecule has 0 amide bonds. The van der Waals surface area contributed by atoms with E-state index in [0.717, 1.165) is 29.7 Å². The molecule has 0 N–H and O–H groups in total. The molecule has 0 bridgehead atoms. The molecule has 1 fully saturated rings. The fourth-order valence-electron chi connectivity index (χ4n) is 2.47. The Morgan fingerprint density at radius 2 is 2.10 bits per heavy atom. The minimum atomic E-state index is -3.28. The van der Waals surface area contributed by atoms with Gasteiger partial charge < -0.3 is 4.74 Å². The fourth-order valence-corrected chi connectivity index (χ4v) is 4.41. The third-order valence-electron chi connectivity index (χ3n) is 3.73. The molecule has 1 saturated heterocycles. The Balaban J connectivity index is 2.02. The summed E-state index contributed by atoms with van der Waals surface area (Å²) in [5.41, 5.74) is 1.04. The number of hydrogen-bond acceptors (Lipinski definition) is 4. The molecule has 1 atom stereocenters. The smallest absolute Gasteiger partial charge is 0.216 e. The number of thioether (sulfide) groups is 1. The Kier molecular flexibility index (Phi) is 6.10. The molecular weight excluding hydrogens is 306 g/mol. The maximum absolute atomic E-state index is 12.4. The van der Waals surface area contributed by atoms with Crippen LogP contribution >= 0.6 is 11.8 Å². The minimum absolute atomic E-state index is 0.0882. The third kappa shape index (κ3) is 4.71. The molecule has 1 heterocycles. The molecular formula is C15H23NO3S2. The van der Waals surface area contributed by atoms with E-state index in [-0.39, 0.29) is 11.9 Å². The van der Waals surface area contributed by atoms with Crippen LogP contribution in [0.15, 0.2) is 29.2 Å². The second kappa shape index (κ2) is 7.63. The topological polar surface area (TPSA) is 46.6 Å². The van der Waals surface area contributed by atoms with Gasteiger partial charge in [-0.3, -0.25) is 0 Å². The zero-order valence-electron chi connectivity index (χ0n) is 12.6. The van der Waals surface area contributed by atoms with Crippen molar-refractivity contribution in [2.45, 2.75) is 36.8 Å². The fraction of sp³-hybridized carbons (Fsp3) is 0.600. The average Bonchev–Trinajstić information content (AvgIpc) is 2.48. The van der Waals surface area contributed by atoms with Gasteiger partial charge in [0, 0.05) is 25.1 Å². The summed E-state index contributed by atoms with van der Waals surface area (Å²) in [6.07, 6.45) is 4.78. The SMILES string of the molecule is CSc1ccccc1CN(C)S(=O)(=O)C[C@H]1CCCCO1. The van der Waals surface area contributed by atoms with Gasteiger partial charge in [0.15, 0.2) is 0 Å². The van der Waals surface area contributed by atoms with Crippen molar-refractivity contribution in [1.29, 1.82) is 0 Å². The zero-order valence-corrected chi connectivity index (χ0v) is 14.3. The molecule has 21 heavy (non-hydrogen) atoms. The Hall–Kier alpha value is -0.560. The number of nitrogens with zero attached hydrogens (tertiary/aromatic N) is 1. The second-order valence-corrected chi connectivity index (χ2v) is 8.30. The van der Waals surface area contributed by atoms with E-state index in [1.165, 1.54) is 4.31 Å². The van der Waals surface area contributed by atoms with Crippen LogP contribution in [0.2, 0.25) is 0 Å². The van der Waals surface area contributed by atoms with Crippen LogP contribution in [0.5, 0.6) is 0 Å². The van der Waals surface area contributed by atoms with Crippen LogP contribution in [0.4, 0.5) is 0 Å². The van der Waals surface area contributed by atoms with Gasteiger partial charge in [0.1, 0.15) is 0 Å². The lowest BCUT2D eigenvalue weighted by Crippen LogP contribution is -2.36. The molecule has 118 valence electrons. The molecule has 2 rings (SSSR count). The molecule has 1 aliphatic heterocycles. The van der Waals surface area contributed by atoms with Gasteiger partial charge in [0.05, 0.1) is 11.9 Å². The molecule has 0 saturated carbocycles. The lowest BCUT2D eigenvalue weighted by atomic mass is 10.1. The standard InChI is InChI=1S/C15H23NO3S2/c1-16(11-13-7-3-4-9-15(13)20-2)21(17,18)12-14-8-5-6-10-19-14/h3-4,7,9,14H,5-6,8,10-12H2,1-2H3/t14-/m1/s1. The Bertz CT molecular complexity index is 554. The number of ether oxygens (including phenoxy) is 1. The normalized spacial score (nSPS) is 19.9. The largest absolute Gasteiger partial charge is 0.377 e. The van der Waals surface area contributed by atoms with Crippen molar-refractivity contribution < 1.29 is 13.2 Å². The first-order valence-electron chi connectivity index (χ1n) is 7.20. The Labute approximate surface area is 131 Å². The maximum Gasteiger partial charge on any atom is 0.216 e. The first-order valence-corrected chi connectivity index (χ1v) is 10.0. The van der Waals surface area contributed by atoms with Gasteiger partial charge in [0.25, 0.3) is 0 Å². The highest BCUT2D eigenvalue weighted by molar-refractivity contribution is 7.98. The second-order valence-electron chi connectivity index (χ2n) is 5.34. The summed E-state index contributed by atoms with van der Waals surface area (Å²) in [6.45, 7) is 1.09. The van der Waals surface area contributed by atoms with E-state index in [9.17, 15) is 8.42 Å². The van der Waals surface area contributed by atoms with Crippen LogP contribution in [0.3, 0.4) is 0 Å². The van der Waals surface area contributed by atoms with Crippen molar-refractivity contribution in [2.75, 3.05) is 25.7 Å². The summed E-state index contributed by atoms with van der Waals surface area (Å²) >= 11 is 1.64. The van der Waals surface area contributed by atoms with Crippen LogP contribution in [0.1, 0.15) is 24.8 Å². The first-order chi connectivity index (χ1) is 10.0. The van der Waals surface area contributed by atoms with Crippen LogP contribution in [-0.2, 0) is 21.3 Å². The van der Waals surface area contributed by atoms with Gasteiger partial charge in [-0.15, -0.1) is 11.8 Å². The van der Waals surface area contributed by atoms with Gasteiger partial charge in [-0.2, -0.15) is 0 Å². The van der Waals surface area contributed by atoms with E-state index in [1.807, 2.05) is 30.5 Å². The summed E-state index contributed by atoms with van der Waals surface area (Å²) in [7, 11) is -1.64. The predicted molar refractivity (Wildman–Crippen MR) is 87.1 cm³/mol. The summed E-state index contributed by atoms with van der Waals surface area (Å²) in [5.74, 6) is 0.0882. The zero-order chi connectivity index (χ0) is 15.3. The monoisotopic (exact) mass is 329 g/mol.